The molecule has 6 nitrogen and oxygen atoms in total. The number of pyridine rings is 1. The van der Waals surface area contributed by atoms with Crippen LogP contribution in [0, 0.1) is 0 Å². The number of esters is 1. The summed E-state index contributed by atoms with van der Waals surface area (Å²) in [6.07, 6.45) is 6.91. The van der Waals surface area contributed by atoms with Crippen molar-refractivity contribution in [1.29, 1.82) is 0 Å². The van der Waals surface area contributed by atoms with Gasteiger partial charge in [0.05, 0.1) is 13.5 Å². The smallest absolute Gasteiger partial charge is 0.307 e. The fraction of sp³-hybridized carbons (Fsp3) is 0.192. The molecule has 0 fully saturated rings. The molecule has 0 saturated heterocycles. The zero-order chi connectivity index (χ0) is 22.6. The molecule has 0 unspecified atom stereocenters. The van der Waals surface area contributed by atoms with E-state index in [1.165, 1.54) is 13.2 Å². The summed E-state index contributed by atoms with van der Waals surface area (Å²) in [5.41, 5.74) is 2.86. The lowest BCUT2D eigenvalue weighted by molar-refractivity contribution is -0.141. The molecule has 6 heteroatoms. The SMILES string of the molecule is COC(=O)CCN(Cc1ccccc1)C(=O)/C=C/c1ccc(OCc2cccnc2)cc1. The Kier molecular flexibility index (Phi) is 8.57. The summed E-state index contributed by atoms with van der Waals surface area (Å²) >= 11 is 0. The van der Waals surface area contributed by atoms with Crippen molar-refractivity contribution in [2.75, 3.05) is 13.7 Å². The molecule has 2 aromatic carbocycles. The fourth-order valence-electron chi connectivity index (χ4n) is 3.00. The van der Waals surface area contributed by atoms with Crippen molar-refractivity contribution in [3.05, 3.63) is 102 Å². The molecule has 3 aromatic rings. The highest BCUT2D eigenvalue weighted by Crippen LogP contribution is 2.15. The van der Waals surface area contributed by atoms with E-state index >= 15 is 0 Å². The van der Waals surface area contributed by atoms with Gasteiger partial charge in [-0.1, -0.05) is 48.5 Å². The fourth-order valence-corrected chi connectivity index (χ4v) is 3.00. The van der Waals surface area contributed by atoms with E-state index < -0.39 is 0 Å². The number of hydrogen-bond donors (Lipinski definition) is 0. The number of hydrogen-bond acceptors (Lipinski definition) is 5. The Balaban J connectivity index is 1.59. The van der Waals surface area contributed by atoms with Crippen molar-refractivity contribution in [3.63, 3.8) is 0 Å². The highest BCUT2D eigenvalue weighted by molar-refractivity contribution is 5.92. The third-order valence-electron chi connectivity index (χ3n) is 4.77. The number of carbonyl (C=O) groups excluding carboxylic acids is 2. The predicted octanol–water partition coefficient (Wildman–Crippen LogP) is 4.27. The predicted molar refractivity (Wildman–Crippen MR) is 123 cm³/mol. The van der Waals surface area contributed by atoms with Gasteiger partial charge in [0, 0.05) is 37.1 Å². The van der Waals surface area contributed by atoms with Crippen molar-refractivity contribution in [3.8, 4) is 5.75 Å². The maximum atomic E-state index is 12.8. The van der Waals surface area contributed by atoms with E-state index in [2.05, 4.69) is 4.98 Å². The van der Waals surface area contributed by atoms with Gasteiger partial charge in [-0.2, -0.15) is 0 Å². The van der Waals surface area contributed by atoms with Gasteiger partial charge in [0.2, 0.25) is 5.91 Å². The van der Waals surface area contributed by atoms with E-state index in [1.54, 1.807) is 23.4 Å². The first kappa shape index (κ1) is 22.7. The first-order chi connectivity index (χ1) is 15.6. The summed E-state index contributed by atoms with van der Waals surface area (Å²) in [6, 6.07) is 21.0. The Morgan fingerprint density at radius 2 is 1.72 bits per heavy atom. The average molecular weight is 431 g/mol. The Morgan fingerprint density at radius 3 is 2.41 bits per heavy atom. The van der Waals surface area contributed by atoms with Crippen molar-refractivity contribution in [2.45, 2.75) is 19.6 Å². The Hall–Kier alpha value is -3.93. The maximum Gasteiger partial charge on any atom is 0.307 e. The summed E-state index contributed by atoms with van der Waals surface area (Å²) in [7, 11) is 1.34. The number of amides is 1. The van der Waals surface area contributed by atoms with Crippen LogP contribution >= 0.6 is 0 Å². The molecule has 0 radical (unpaired) electrons. The van der Waals surface area contributed by atoms with Crippen LogP contribution in [-0.2, 0) is 27.5 Å². The van der Waals surface area contributed by atoms with Crippen LogP contribution < -0.4 is 4.74 Å². The lowest BCUT2D eigenvalue weighted by atomic mass is 10.2. The summed E-state index contributed by atoms with van der Waals surface area (Å²) in [4.78, 5) is 30.1. The van der Waals surface area contributed by atoms with Crippen molar-refractivity contribution < 1.29 is 19.1 Å². The molecule has 1 amide bonds. The van der Waals surface area contributed by atoms with E-state index in [0.29, 0.717) is 13.2 Å². The highest BCUT2D eigenvalue weighted by atomic mass is 16.5. The first-order valence-electron chi connectivity index (χ1n) is 10.3. The Labute approximate surface area is 188 Å². The highest BCUT2D eigenvalue weighted by Gasteiger charge is 2.13. The van der Waals surface area contributed by atoms with E-state index in [0.717, 1.165) is 22.4 Å². The molecule has 1 heterocycles. The molecule has 0 saturated carbocycles. The van der Waals surface area contributed by atoms with Crippen molar-refractivity contribution >= 4 is 18.0 Å². The molecule has 0 aliphatic heterocycles. The van der Waals surface area contributed by atoms with Gasteiger partial charge in [0.25, 0.3) is 0 Å². The number of benzene rings is 2. The standard InChI is InChI=1S/C26H26N2O4/c1-31-26(30)15-17-28(19-22-6-3-2-4-7-22)25(29)14-11-21-9-12-24(13-10-21)32-20-23-8-5-16-27-18-23/h2-14,16,18H,15,17,19-20H2,1H3/b14-11+. The minimum atomic E-state index is -0.346. The van der Waals surface area contributed by atoms with Gasteiger partial charge in [-0.15, -0.1) is 0 Å². The summed E-state index contributed by atoms with van der Waals surface area (Å²) in [6.45, 7) is 1.14. The normalized spacial score (nSPS) is 10.7. The summed E-state index contributed by atoms with van der Waals surface area (Å²) in [5, 5.41) is 0. The van der Waals surface area contributed by atoms with Crippen LogP contribution in [0.5, 0.6) is 5.75 Å². The van der Waals surface area contributed by atoms with Crippen LogP contribution in [0.15, 0.2) is 85.2 Å². The van der Waals surface area contributed by atoms with Crippen LogP contribution in [0.3, 0.4) is 0 Å². The number of ether oxygens (including phenoxy) is 2. The van der Waals surface area contributed by atoms with Gasteiger partial charge >= 0.3 is 5.97 Å². The van der Waals surface area contributed by atoms with E-state index in [9.17, 15) is 9.59 Å². The molecular formula is C26H26N2O4. The second kappa shape index (κ2) is 12.1. The van der Waals surface area contributed by atoms with Crippen LogP contribution in [0.4, 0.5) is 0 Å². The molecular weight excluding hydrogens is 404 g/mol. The monoisotopic (exact) mass is 430 g/mol. The van der Waals surface area contributed by atoms with Gasteiger partial charge in [-0.05, 0) is 35.4 Å². The maximum absolute atomic E-state index is 12.8. The van der Waals surface area contributed by atoms with Gasteiger partial charge in [-0.25, -0.2) is 0 Å². The molecule has 0 N–H and O–H groups in total. The van der Waals surface area contributed by atoms with Crippen LogP contribution in [0.25, 0.3) is 6.08 Å². The zero-order valence-corrected chi connectivity index (χ0v) is 18.0. The largest absolute Gasteiger partial charge is 0.489 e. The minimum Gasteiger partial charge on any atom is -0.489 e. The van der Waals surface area contributed by atoms with Crippen LogP contribution in [-0.4, -0.2) is 35.4 Å². The molecule has 0 atom stereocenters. The second-order valence-corrected chi connectivity index (χ2v) is 7.12. The average Bonchev–Trinajstić information content (AvgIpc) is 2.85. The second-order valence-electron chi connectivity index (χ2n) is 7.12. The van der Waals surface area contributed by atoms with E-state index in [1.807, 2.05) is 66.7 Å². The number of nitrogens with zero attached hydrogens (tertiary/aromatic N) is 2. The Bertz CT molecular complexity index is 1020. The minimum absolute atomic E-state index is 0.145. The van der Waals surface area contributed by atoms with Gasteiger partial charge in [0.1, 0.15) is 12.4 Å². The van der Waals surface area contributed by atoms with E-state index in [4.69, 9.17) is 9.47 Å². The molecule has 0 aliphatic carbocycles. The van der Waals surface area contributed by atoms with Crippen molar-refractivity contribution in [2.24, 2.45) is 0 Å². The third kappa shape index (κ3) is 7.40. The molecule has 0 aliphatic rings. The number of rotatable bonds is 10. The van der Waals surface area contributed by atoms with Gasteiger partial charge < -0.3 is 14.4 Å². The number of aromatic nitrogens is 1. The van der Waals surface area contributed by atoms with Crippen LogP contribution in [0.2, 0.25) is 0 Å². The molecule has 0 spiro atoms. The summed E-state index contributed by atoms with van der Waals surface area (Å²) < 4.78 is 10.5. The van der Waals surface area contributed by atoms with Crippen LogP contribution in [0.1, 0.15) is 23.1 Å². The lowest BCUT2D eigenvalue weighted by Gasteiger charge is -2.21. The molecule has 164 valence electrons. The van der Waals surface area contributed by atoms with Gasteiger partial charge in [0.15, 0.2) is 0 Å². The number of carbonyl (C=O) groups is 2. The molecule has 1 aromatic heterocycles. The lowest BCUT2D eigenvalue weighted by Crippen LogP contribution is -2.31. The third-order valence-corrected chi connectivity index (χ3v) is 4.77. The quantitative estimate of drug-likeness (QED) is 0.355. The number of methoxy groups -OCH3 is 1. The zero-order valence-electron chi connectivity index (χ0n) is 18.0. The topological polar surface area (TPSA) is 68.7 Å². The summed E-state index contributed by atoms with van der Waals surface area (Å²) in [5.74, 6) is 0.220. The first-order valence-corrected chi connectivity index (χ1v) is 10.3. The molecule has 0 bridgehead atoms. The molecule has 3 rings (SSSR count). The Morgan fingerprint density at radius 1 is 0.969 bits per heavy atom. The van der Waals surface area contributed by atoms with Crippen molar-refractivity contribution in [1.82, 2.24) is 9.88 Å². The molecule has 32 heavy (non-hydrogen) atoms. The van der Waals surface area contributed by atoms with Gasteiger partial charge in [-0.3, -0.25) is 14.6 Å². The van der Waals surface area contributed by atoms with E-state index in [-0.39, 0.29) is 24.8 Å².